The first kappa shape index (κ1) is 13.4. The van der Waals surface area contributed by atoms with Crippen LogP contribution in [0.3, 0.4) is 0 Å². The molecule has 0 aliphatic rings. The Morgan fingerprint density at radius 3 is 2.94 bits per heavy atom. The van der Waals surface area contributed by atoms with E-state index in [1.54, 1.807) is 0 Å². The minimum atomic E-state index is -1.30. The maximum absolute atomic E-state index is 10.9. The maximum atomic E-state index is 10.9. The third-order valence-electron chi connectivity index (χ3n) is 1.61. The van der Waals surface area contributed by atoms with Gasteiger partial charge in [0, 0.05) is 12.5 Å². The number of carboxylic acids is 1. The van der Waals surface area contributed by atoms with Gasteiger partial charge in [0.1, 0.15) is 5.69 Å². The van der Waals surface area contributed by atoms with E-state index in [2.05, 4.69) is 19.7 Å². The Morgan fingerprint density at radius 2 is 2.47 bits per heavy atom. The highest BCUT2D eigenvalue weighted by Gasteiger charge is 2.17. The smallest absolute Gasteiger partial charge is 0.360 e. The number of carboxylic acid groups (broad SMARTS) is 1. The van der Waals surface area contributed by atoms with E-state index in [-0.39, 0.29) is 23.1 Å². The van der Waals surface area contributed by atoms with Crippen LogP contribution in [0.4, 0.5) is 5.13 Å². The van der Waals surface area contributed by atoms with Crippen molar-refractivity contribution in [3.05, 3.63) is 11.1 Å². The van der Waals surface area contributed by atoms with Gasteiger partial charge in [0.2, 0.25) is 5.71 Å². The SMILES string of the molecule is COC(O)CO/N=C(\C(=O)O)c1csc(N)n1. The summed E-state index contributed by atoms with van der Waals surface area (Å²) in [5.74, 6) is -1.30. The Labute approximate surface area is 100 Å². The van der Waals surface area contributed by atoms with Crippen LogP contribution < -0.4 is 5.73 Å². The monoisotopic (exact) mass is 261 g/mol. The number of carbonyl (C=O) groups is 1. The number of aliphatic hydroxyl groups excluding tert-OH is 1. The highest BCUT2D eigenvalue weighted by atomic mass is 32.1. The number of oxime groups is 1. The van der Waals surface area contributed by atoms with E-state index in [1.807, 2.05) is 0 Å². The first-order valence-electron chi connectivity index (χ1n) is 4.40. The second-order valence-electron chi connectivity index (χ2n) is 2.80. The molecule has 0 saturated carbocycles. The zero-order valence-corrected chi connectivity index (χ0v) is 9.68. The highest BCUT2D eigenvalue weighted by Crippen LogP contribution is 2.12. The van der Waals surface area contributed by atoms with E-state index in [9.17, 15) is 4.79 Å². The molecule has 4 N–H and O–H groups in total. The van der Waals surface area contributed by atoms with Crippen LogP contribution in [-0.2, 0) is 14.4 Å². The van der Waals surface area contributed by atoms with Gasteiger partial charge in [-0.25, -0.2) is 9.78 Å². The summed E-state index contributed by atoms with van der Waals surface area (Å²) in [6, 6.07) is 0. The Balaban J connectivity index is 2.73. The van der Waals surface area contributed by atoms with Gasteiger partial charge in [0.15, 0.2) is 18.0 Å². The predicted molar refractivity (Wildman–Crippen MR) is 59.7 cm³/mol. The van der Waals surface area contributed by atoms with Crippen molar-refractivity contribution in [2.75, 3.05) is 19.5 Å². The molecular formula is C8H11N3O5S. The fourth-order valence-electron chi connectivity index (χ4n) is 0.825. The first-order chi connectivity index (χ1) is 8.04. The quantitative estimate of drug-likeness (QED) is 0.357. The van der Waals surface area contributed by atoms with E-state index in [0.717, 1.165) is 11.3 Å². The van der Waals surface area contributed by atoms with Crippen LogP contribution in [0.5, 0.6) is 0 Å². The largest absolute Gasteiger partial charge is 0.476 e. The standard InChI is InChI=1S/C8H11N3O5S/c1-15-5(12)2-16-11-6(7(13)14)4-3-17-8(9)10-4/h3,5,12H,2H2,1H3,(H2,9,10)(H,13,14)/b11-6-. The normalized spacial score (nSPS) is 13.4. The molecular weight excluding hydrogens is 250 g/mol. The Kier molecular flexibility index (Phi) is 4.82. The van der Waals surface area contributed by atoms with Crippen molar-refractivity contribution >= 4 is 28.1 Å². The molecule has 0 bridgehead atoms. The van der Waals surface area contributed by atoms with Crippen molar-refractivity contribution < 1.29 is 24.6 Å². The molecule has 8 nitrogen and oxygen atoms in total. The zero-order valence-electron chi connectivity index (χ0n) is 8.86. The van der Waals surface area contributed by atoms with Crippen LogP contribution in [0, 0.1) is 0 Å². The van der Waals surface area contributed by atoms with Crippen LogP contribution in [0.1, 0.15) is 5.69 Å². The number of thiazole rings is 1. The summed E-state index contributed by atoms with van der Waals surface area (Å²) >= 11 is 1.09. The molecule has 1 rings (SSSR count). The van der Waals surface area contributed by atoms with Crippen molar-refractivity contribution in [3.8, 4) is 0 Å². The number of aliphatic hydroxyl groups is 1. The number of methoxy groups -OCH3 is 1. The molecule has 0 aromatic carbocycles. The molecule has 1 aromatic rings. The Hall–Kier alpha value is -1.71. The zero-order chi connectivity index (χ0) is 12.8. The van der Waals surface area contributed by atoms with Crippen molar-refractivity contribution in [2.45, 2.75) is 6.29 Å². The van der Waals surface area contributed by atoms with Crippen LogP contribution in [-0.4, -0.2) is 46.9 Å². The lowest BCUT2D eigenvalue weighted by atomic mass is 10.3. The molecule has 0 fully saturated rings. The summed E-state index contributed by atoms with van der Waals surface area (Å²) in [5.41, 5.74) is 5.09. The van der Waals surface area contributed by atoms with Gasteiger partial charge in [-0.15, -0.1) is 11.3 Å². The van der Waals surface area contributed by atoms with Crippen LogP contribution in [0.15, 0.2) is 10.5 Å². The van der Waals surface area contributed by atoms with Crippen molar-refractivity contribution in [1.82, 2.24) is 4.98 Å². The van der Waals surface area contributed by atoms with Gasteiger partial charge in [-0.3, -0.25) is 0 Å². The number of rotatable bonds is 6. The summed E-state index contributed by atoms with van der Waals surface area (Å²) in [6.07, 6.45) is -1.17. The Morgan fingerprint density at radius 1 is 1.76 bits per heavy atom. The first-order valence-corrected chi connectivity index (χ1v) is 5.28. The average molecular weight is 261 g/mol. The molecule has 1 aromatic heterocycles. The second kappa shape index (κ2) is 6.13. The van der Waals surface area contributed by atoms with Crippen molar-refractivity contribution in [1.29, 1.82) is 0 Å². The summed E-state index contributed by atoms with van der Waals surface area (Å²) < 4.78 is 4.48. The molecule has 1 heterocycles. The van der Waals surface area contributed by atoms with Gasteiger partial charge in [-0.2, -0.15) is 0 Å². The lowest BCUT2D eigenvalue weighted by Gasteiger charge is -2.06. The molecule has 1 atom stereocenters. The molecule has 9 heteroatoms. The Bertz CT molecular complexity index is 419. The molecule has 0 spiro atoms. The minimum absolute atomic E-state index is 0.104. The van der Waals surface area contributed by atoms with E-state index in [4.69, 9.17) is 15.9 Å². The third kappa shape index (κ3) is 3.98. The second-order valence-corrected chi connectivity index (χ2v) is 3.69. The number of nitrogen functional groups attached to an aromatic ring is 1. The summed E-state index contributed by atoms with van der Waals surface area (Å²) in [4.78, 5) is 19.3. The molecule has 17 heavy (non-hydrogen) atoms. The van der Waals surface area contributed by atoms with Gasteiger partial charge in [-0.05, 0) is 0 Å². The van der Waals surface area contributed by atoms with Crippen molar-refractivity contribution in [3.63, 3.8) is 0 Å². The van der Waals surface area contributed by atoms with E-state index < -0.39 is 12.3 Å². The van der Waals surface area contributed by atoms with Crippen LogP contribution in [0.25, 0.3) is 0 Å². The van der Waals surface area contributed by atoms with E-state index >= 15 is 0 Å². The fourth-order valence-corrected chi connectivity index (χ4v) is 1.37. The van der Waals surface area contributed by atoms with Gasteiger partial charge in [0.25, 0.3) is 0 Å². The molecule has 0 amide bonds. The number of nitrogens with two attached hydrogens (primary N) is 1. The molecule has 0 aliphatic carbocycles. The van der Waals surface area contributed by atoms with Gasteiger partial charge < -0.3 is 25.5 Å². The maximum Gasteiger partial charge on any atom is 0.360 e. The minimum Gasteiger partial charge on any atom is -0.476 e. The lowest BCUT2D eigenvalue weighted by Crippen LogP contribution is -2.19. The summed E-state index contributed by atoms with van der Waals surface area (Å²) in [5, 5.41) is 22.9. The fraction of sp³-hybridized carbons (Fsp3) is 0.375. The number of hydrogen-bond acceptors (Lipinski definition) is 8. The van der Waals surface area contributed by atoms with Crippen LogP contribution in [0.2, 0.25) is 0 Å². The van der Waals surface area contributed by atoms with Gasteiger partial charge >= 0.3 is 5.97 Å². The number of aliphatic carboxylic acids is 1. The number of ether oxygens (including phenoxy) is 1. The van der Waals surface area contributed by atoms with E-state index in [1.165, 1.54) is 12.5 Å². The molecule has 0 radical (unpaired) electrons. The average Bonchev–Trinajstić information content (AvgIpc) is 2.70. The highest BCUT2D eigenvalue weighted by molar-refractivity contribution is 7.13. The number of hydrogen-bond donors (Lipinski definition) is 3. The molecule has 1 unspecified atom stereocenters. The molecule has 94 valence electrons. The van der Waals surface area contributed by atoms with E-state index in [0.29, 0.717) is 0 Å². The number of aromatic nitrogens is 1. The van der Waals surface area contributed by atoms with Crippen LogP contribution >= 0.6 is 11.3 Å². The third-order valence-corrected chi connectivity index (χ3v) is 2.29. The van der Waals surface area contributed by atoms with Crippen molar-refractivity contribution in [2.24, 2.45) is 5.16 Å². The molecule has 0 aliphatic heterocycles. The number of anilines is 1. The summed E-state index contributed by atoms with van der Waals surface area (Å²) in [6.45, 7) is -0.285. The lowest BCUT2D eigenvalue weighted by molar-refractivity contribution is -0.130. The van der Waals surface area contributed by atoms with Gasteiger partial charge in [0.05, 0.1) is 0 Å². The topological polar surface area (TPSA) is 127 Å². The molecule has 0 saturated heterocycles. The van der Waals surface area contributed by atoms with Gasteiger partial charge in [-0.1, -0.05) is 5.16 Å². The number of nitrogens with zero attached hydrogens (tertiary/aromatic N) is 2. The predicted octanol–water partition coefficient (Wildman–Crippen LogP) is -0.505. The summed E-state index contributed by atoms with van der Waals surface area (Å²) in [7, 11) is 1.27.